The molecule has 0 unspecified atom stereocenters. The van der Waals surface area contributed by atoms with Crippen LogP contribution in [-0.4, -0.2) is 32.3 Å². The lowest BCUT2D eigenvalue weighted by Gasteiger charge is -2.20. The van der Waals surface area contributed by atoms with Crippen LogP contribution in [0.2, 0.25) is 4.34 Å². The summed E-state index contributed by atoms with van der Waals surface area (Å²) in [4.78, 5) is 15.4. The largest absolute Gasteiger partial charge is 0.334 e. The number of hydrogen-bond donors (Lipinski definition) is 1. The van der Waals surface area contributed by atoms with E-state index in [1.165, 1.54) is 35.6 Å². The van der Waals surface area contributed by atoms with Crippen molar-refractivity contribution in [3.8, 4) is 0 Å². The summed E-state index contributed by atoms with van der Waals surface area (Å²) < 4.78 is 27.0. The lowest BCUT2D eigenvalue weighted by molar-refractivity contribution is 0.0754. The Bertz CT molecular complexity index is 801. The van der Waals surface area contributed by atoms with E-state index in [2.05, 4.69) is 4.72 Å². The van der Waals surface area contributed by atoms with Crippen LogP contribution < -0.4 is 4.72 Å². The SMILES string of the molecule is CCNS(=O)(=O)c1ccc(C(=O)N(CC)Cc2ccc(Cl)s2)cc1. The van der Waals surface area contributed by atoms with Gasteiger partial charge in [-0.1, -0.05) is 18.5 Å². The molecule has 0 aliphatic heterocycles. The van der Waals surface area contributed by atoms with Gasteiger partial charge in [-0.3, -0.25) is 4.79 Å². The van der Waals surface area contributed by atoms with Gasteiger partial charge in [-0.15, -0.1) is 11.3 Å². The molecule has 2 rings (SSSR count). The molecule has 0 atom stereocenters. The Balaban J connectivity index is 2.16. The van der Waals surface area contributed by atoms with Crippen LogP contribution in [0.4, 0.5) is 0 Å². The number of rotatable bonds is 7. The van der Waals surface area contributed by atoms with Crippen LogP contribution in [0.5, 0.6) is 0 Å². The van der Waals surface area contributed by atoms with Gasteiger partial charge in [0.2, 0.25) is 10.0 Å². The molecule has 0 aliphatic carbocycles. The lowest BCUT2D eigenvalue weighted by Crippen LogP contribution is -2.30. The number of carbonyl (C=O) groups excluding carboxylic acids is 1. The molecule has 0 radical (unpaired) electrons. The zero-order chi connectivity index (χ0) is 17.7. The van der Waals surface area contributed by atoms with Crippen molar-refractivity contribution in [3.05, 3.63) is 51.2 Å². The molecule has 8 heteroatoms. The van der Waals surface area contributed by atoms with Crippen LogP contribution in [0.3, 0.4) is 0 Å². The highest BCUT2D eigenvalue weighted by Crippen LogP contribution is 2.23. The average molecular weight is 387 g/mol. The second-order valence-corrected chi connectivity index (χ2v) is 8.62. The number of nitrogens with zero attached hydrogens (tertiary/aromatic N) is 1. The summed E-state index contributed by atoms with van der Waals surface area (Å²) in [5.41, 5.74) is 0.454. The van der Waals surface area contributed by atoms with E-state index in [-0.39, 0.29) is 10.8 Å². The molecular formula is C16H19ClN2O3S2. The summed E-state index contributed by atoms with van der Waals surface area (Å²) in [6.45, 7) is 4.95. The molecule has 1 N–H and O–H groups in total. The van der Waals surface area contributed by atoms with E-state index >= 15 is 0 Å². The van der Waals surface area contributed by atoms with Crippen molar-refractivity contribution in [2.45, 2.75) is 25.3 Å². The van der Waals surface area contributed by atoms with E-state index in [4.69, 9.17) is 11.6 Å². The first kappa shape index (κ1) is 18.9. The molecule has 0 fully saturated rings. The van der Waals surface area contributed by atoms with E-state index in [1.54, 1.807) is 17.9 Å². The molecule has 24 heavy (non-hydrogen) atoms. The molecule has 0 saturated heterocycles. The Kier molecular flexibility index (Phi) is 6.40. The number of halogens is 1. The third kappa shape index (κ3) is 4.57. The van der Waals surface area contributed by atoms with Crippen molar-refractivity contribution >= 4 is 38.9 Å². The van der Waals surface area contributed by atoms with Gasteiger partial charge in [0.1, 0.15) is 0 Å². The zero-order valence-corrected chi connectivity index (χ0v) is 15.8. The summed E-state index contributed by atoms with van der Waals surface area (Å²) in [6, 6.07) is 9.67. The molecular weight excluding hydrogens is 368 g/mol. The average Bonchev–Trinajstić information content (AvgIpc) is 2.97. The number of benzene rings is 1. The second-order valence-electron chi connectivity index (χ2n) is 5.05. The van der Waals surface area contributed by atoms with Crippen molar-refractivity contribution < 1.29 is 13.2 Å². The van der Waals surface area contributed by atoms with E-state index in [9.17, 15) is 13.2 Å². The summed E-state index contributed by atoms with van der Waals surface area (Å²) >= 11 is 7.36. The molecule has 0 aliphatic rings. The summed E-state index contributed by atoms with van der Waals surface area (Å²) in [7, 11) is -3.51. The van der Waals surface area contributed by atoms with Gasteiger partial charge in [0, 0.05) is 23.5 Å². The third-order valence-corrected chi connectivity index (χ3v) is 6.17. The Morgan fingerprint density at radius 2 is 1.83 bits per heavy atom. The Morgan fingerprint density at radius 1 is 1.17 bits per heavy atom. The van der Waals surface area contributed by atoms with E-state index < -0.39 is 10.0 Å². The van der Waals surface area contributed by atoms with Crippen molar-refractivity contribution in [3.63, 3.8) is 0 Å². The summed E-state index contributed by atoms with van der Waals surface area (Å²) in [6.07, 6.45) is 0. The van der Waals surface area contributed by atoms with Crippen LogP contribution in [0.1, 0.15) is 29.1 Å². The predicted molar refractivity (Wildman–Crippen MR) is 97.0 cm³/mol. The van der Waals surface area contributed by atoms with Gasteiger partial charge >= 0.3 is 0 Å². The maximum Gasteiger partial charge on any atom is 0.254 e. The maximum atomic E-state index is 12.6. The fourth-order valence-electron chi connectivity index (χ4n) is 2.18. The number of thiophene rings is 1. The highest BCUT2D eigenvalue weighted by atomic mass is 35.5. The molecule has 130 valence electrons. The number of hydrogen-bond acceptors (Lipinski definition) is 4. The van der Waals surface area contributed by atoms with Crippen LogP contribution in [-0.2, 0) is 16.6 Å². The number of sulfonamides is 1. The number of nitrogens with one attached hydrogen (secondary N) is 1. The van der Waals surface area contributed by atoms with E-state index in [1.807, 2.05) is 13.0 Å². The first-order valence-corrected chi connectivity index (χ1v) is 10.2. The van der Waals surface area contributed by atoms with Crippen LogP contribution in [0, 0.1) is 0 Å². The smallest absolute Gasteiger partial charge is 0.254 e. The van der Waals surface area contributed by atoms with Gasteiger partial charge in [0.05, 0.1) is 15.8 Å². The molecule has 0 bridgehead atoms. The van der Waals surface area contributed by atoms with Crippen LogP contribution in [0.25, 0.3) is 0 Å². The van der Waals surface area contributed by atoms with Gasteiger partial charge in [-0.25, -0.2) is 13.1 Å². The predicted octanol–water partition coefficient (Wildman–Crippen LogP) is 3.36. The Hall–Kier alpha value is -1.41. The van der Waals surface area contributed by atoms with E-state index in [0.717, 1.165) is 4.88 Å². The van der Waals surface area contributed by atoms with Gasteiger partial charge in [-0.2, -0.15) is 0 Å². The topological polar surface area (TPSA) is 66.5 Å². The minimum absolute atomic E-state index is 0.144. The molecule has 1 heterocycles. The first-order chi connectivity index (χ1) is 11.4. The fourth-order valence-corrected chi connectivity index (χ4v) is 4.33. The summed E-state index contributed by atoms with van der Waals surface area (Å²) in [5, 5.41) is 0. The van der Waals surface area contributed by atoms with Crippen LogP contribution >= 0.6 is 22.9 Å². The standard InChI is InChI=1S/C16H19ClN2O3S2/c1-3-18-24(21,22)14-8-5-12(6-9-14)16(20)19(4-2)11-13-7-10-15(17)23-13/h5-10,18H,3-4,11H2,1-2H3. The normalized spacial score (nSPS) is 11.5. The molecule has 2 aromatic rings. The van der Waals surface area contributed by atoms with Gasteiger partial charge in [-0.05, 0) is 43.3 Å². The highest BCUT2D eigenvalue weighted by Gasteiger charge is 2.17. The molecule has 1 aromatic carbocycles. The van der Waals surface area contributed by atoms with E-state index in [0.29, 0.717) is 29.5 Å². The Labute approximate surface area is 151 Å². The fraction of sp³-hybridized carbons (Fsp3) is 0.312. The minimum atomic E-state index is -3.51. The lowest BCUT2D eigenvalue weighted by atomic mass is 10.2. The highest BCUT2D eigenvalue weighted by molar-refractivity contribution is 7.89. The zero-order valence-electron chi connectivity index (χ0n) is 13.5. The number of carbonyl (C=O) groups is 1. The molecule has 5 nitrogen and oxygen atoms in total. The quantitative estimate of drug-likeness (QED) is 0.793. The first-order valence-electron chi connectivity index (χ1n) is 7.50. The minimum Gasteiger partial charge on any atom is -0.334 e. The molecule has 1 amide bonds. The maximum absolute atomic E-state index is 12.6. The van der Waals surface area contributed by atoms with Crippen molar-refractivity contribution in [1.82, 2.24) is 9.62 Å². The van der Waals surface area contributed by atoms with Gasteiger partial charge < -0.3 is 4.90 Å². The van der Waals surface area contributed by atoms with Crippen molar-refractivity contribution in [2.24, 2.45) is 0 Å². The third-order valence-electron chi connectivity index (χ3n) is 3.39. The summed E-state index contributed by atoms with van der Waals surface area (Å²) in [5.74, 6) is -0.144. The second kappa shape index (κ2) is 8.11. The molecule has 0 saturated carbocycles. The van der Waals surface area contributed by atoms with Crippen LogP contribution in [0.15, 0.2) is 41.3 Å². The Morgan fingerprint density at radius 3 is 2.33 bits per heavy atom. The molecule has 0 spiro atoms. The number of amides is 1. The molecule has 1 aromatic heterocycles. The monoisotopic (exact) mass is 386 g/mol. The van der Waals surface area contributed by atoms with Gasteiger partial charge in [0.15, 0.2) is 0 Å². The van der Waals surface area contributed by atoms with Crippen molar-refractivity contribution in [2.75, 3.05) is 13.1 Å². The van der Waals surface area contributed by atoms with Crippen molar-refractivity contribution in [1.29, 1.82) is 0 Å². The van der Waals surface area contributed by atoms with Gasteiger partial charge in [0.25, 0.3) is 5.91 Å².